The lowest BCUT2D eigenvalue weighted by Crippen LogP contribution is -2.28. The smallest absolute Gasteiger partial charge is 0.255 e. The Hall–Kier alpha value is -2.36. The average molecular weight is 432 g/mol. The van der Waals surface area contributed by atoms with E-state index in [0.29, 0.717) is 30.0 Å². The number of carbonyl (C=O) groups is 2. The van der Waals surface area contributed by atoms with Crippen LogP contribution >= 0.6 is 11.8 Å². The van der Waals surface area contributed by atoms with Gasteiger partial charge in [0.25, 0.3) is 5.91 Å². The van der Waals surface area contributed by atoms with E-state index < -0.39 is 10.0 Å². The van der Waals surface area contributed by atoms with Gasteiger partial charge in [-0.3, -0.25) is 9.59 Å². The fourth-order valence-corrected chi connectivity index (χ4v) is 5.86. The molecule has 7 nitrogen and oxygen atoms in total. The fourth-order valence-electron chi connectivity index (χ4n) is 3.37. The minimum Gasteiger partial charge on any atom is -0.324 e. The molecule has 2 aromatic carbocycles. The third kappa shape index (κ3) is 4.03. The van der Waals surface area contributed by atoms with Crippen molar-refractivity contribution in [1.82, 2.24) is 4.31 Å². The Kier molecular flexibility index (Phi) is 5.37. The normalized spacial score (nSPS) is 19.5. The van der Waals surface area contributed by atoms with Crippen LogP contribution in [-0.4, -0.2) is 42.9 Å². The number of nitrogens with zero attached hydrogens (tertiary/aromatic N) is 1. The van der Waals surface area contributed by atoms with E-state index in [1.807, 2.05) is 6.92 Å². The van der Waals surface area contributed by atoms with Gasteiger partial charge in [0.1, 0.15) is 0 Å². The lowest BCUT2D eigenvalue weighted by atomic mass is 10.1. The van der Waals surface area contributed by atoms with E-state index in [2.05, 4.69) is 10.6 Å². The summed E-state index contributed by atoms with van der Waals surface area (Å²) in [5.41, 5.74) is 1.39. The quantitative estimate of drug-likeness (QED) is 0.775. The Labute approximate surface area is 173 Å². The Morgan fingerprint density at radius 3 is 2.69 bits per heavy atom. The van der Waals surface area contributed by atoms with Gasteiger partial charge >= 0.3 is 0 Å². The number of hydrogen-bond donors (Lipinski definition) is 2. The number of thioether (sulfide) groups is 1. The molecule has 2 N–H and O–H groups in total. The molecule has 0 saturated carbocycles. The minimum atomic E-state index is -3.55. The van der Waals surface area contributed by atoms with Crippen LogP contribution in [0.4, 0.5) is 11.4 Å². The molecule has 29 heavy (non-hydrogen) atoms. The number of hydrogen-bond acceptors (Lipinski definition) is 5. The molecule has 4 rings (SSSR count). The van der Waals surface area contributed by atoms with E-state index in [1.165, 1.54) is 28.2 Å². The zero-order valence-electron chi connectivity index (χ0n) is 15.8. The number of benzene rings is 2. The highest BCUT2D eigenvalue weighted by atomic mass is 32.2. The summed E-state index contributed by atoms with van der Waals surface area (Å²) >= 11 is 1.45. The molecule has 0 bridgehead atoms. The summed E-state index contributed by atoms with van der Waals surface area (Å²) in [6.07, 6.45) is 1.73. The molecular formula is C20H21N3O4S2. The molecule has 9 heteroatoms. The van der Waals surface area contributed by atoms with E-state index >= 15 is 0 Å². The third-order valence-electron chi connectivity index (χ3n) is 4.97. The van der Waals surface area contributed by atoms with Crippen molar-refractivity contribution < 1.29 is 18.0 Å². The second-order valence-corrected chi connectivity index (χ2v) is 10.4. The number of sulfonamides is 1. The molecule has 0 aromatic heterocycles. The Balaban J connectivity index is 1.54. The lowest BCUT2D eigenvalue weighted by Gasteiger charge is -2.21. The molecule has 0 aliphatic carbocycles. The molecule has 152 valence electrons. The fraction of sp³-hybridized carbons (Fsp3) is 0.300. The number of nitrogens with one attached hydrogen (secondary N) is 2. The summed E-state index contributed by atoms with van der Waals surface area (Å²) in [5.74, 6) is -0.471. The highest BCUT2D eigenvalue weighted by Gasteiger charge is 2.27. The zero-order valence-corrected chi connectivity index (χ0v) is 17.5. The number of carbonyl (C=O) groups excluding carboxylic acids is 2. The summed E-state index contributed by atoms with van der Waals surface area (Å²) in [7, 11) is -3.55. The predicted molar refractivity (Wildman–Crippen MR) is 113 cm³/mol. The van der Waals surface area contributed by atoms with Gasteiger partial charge in [-0.1, -0.05) is 6.07 Å². The summed E-state index contributed by atoms with van der Waals surface area (Å²) in [6.45, 7) is 2.87. The van der Waals surface area contributed by atoms with Gasteiger partial charge in [-0.05, 0) is 56.2 Å². The van der Waals surface area contributed by atoms with Crippen LogP contribution in [0.5, 0.6) is 0 Å². The summed E-state index contributed by atoms with van der Waals surface area (Å²) in [4.78, 5) is 25.6. The highest BCUT2D eigenvalue weighted by Crippen LogP contribution is 2.36. The van der Waals surface area contributed by atoms with E-state index in [1.54, 1.807) is 30.3 Å². The van der Waals surface area contributed by atoms with Gasteiger partial charge in [0.05, 0.1) is 15.8 Å². The highest BCUT2D eigenvalue weighted by molar-refractivity contribution is 8.01. The maximum Gasteiger partial charge on any atom is 0.255 e. The summed E-state index contributed by atoms with van der Waals surface area (Å²) < 4.78 is 26.9. The van der Waals surface area contributed by atoms with Gasteiger partial charge in [-0.2, -0.15) is 4.31 Å². The Morgan fingerprint density at radius 1 is 1.17 bits per heavy atom. The largest absolute Gasteiger partial charge is 0.324 e. The van der Waals surface area contributed by atoms with Crippen molar-refractivity contribution in [2.24, 2.45) is 0 Å². The van der Waals surface area contributed by atoms with Crippen LogP contribution in [0.2, 0.25) is 0 Å². The first-order chi connectivity index (χ1) is 13.8. The Morgan fingerprint density at radius 2 is 1.93 bits per heavy atom. The van der Waals surface area contributed by atoms with Crippen LogP contribution in [0.25, 0.3) is 0 Å². The molecule has 2 aliphatic heterocycles. The molecule has 1 atom stereocenters. The number of rotatable bonds is 4. The molecule has 2 heterocycles. The summed E-state index contributed by atoms with van der Waals surface area (Å²) in [6, 6.07) is 11.4. The van der Waals surface area contributed by atoms with Crippen LogP contribution in [0, 0.1) is 0 Å². The maximum atomic E-state index is 12.7. The lowest BCUT2D eigenvalue weighted by molar-refractivity contribution is -0.115. The molecule has 0 spiro atoms. The van der Waals surface area contributed by atoms with Crippen molar-refractivity contribution in [1.29, 1.82) is 0 Å². The molecule has 0 radical (unpaired) electrons. The zero-order chi connectivity index (χ0) is 20.6. The molecule has 1 fully saturated rings. The van der Waals surface area contributed by atoms with Gasteiger partial charge < -0.3 is 10.6 Å². The van der Waals surface area contributed by atoms with Gasteiger partial charge in [0, 0.05) is 29.2 Å². The molecular weight excluding hydrogens is 410 g/mol. The first-order valence-corrected chi connectivity index (χ1v) is 11.7. The Bertz CT molecular complexity index is 1080. The maximum absolute atomic E-state index is 12.7. The van der Waals surface area contributed by atoms with Crippen molar-refractivity contribution in [3.8, 4) is 0 Å². The summed E-state index contributed by atoms with van der Waals surface area (Å²) in [5, 5.41) is 5.37. The molecule has 2 aromatic rings. The SMILES string of the molecule is CC1Sc2ccc(C(=O)Nc3cccc(S(=O)(=O)N4CCCC4)c3)cc2NC1=O. The van der Waals surface area contributed by atoms with Crippen molar-refractivity contribution >= 4 is 45.0 Å². The van der Waals surface area contributed by atoms with E-state index in [-0.39, 0.29) is 22.0 Å². The third-order valence-corrected chi connectivity index (χ3v) is 8.04. The molecule has 2 amide bonds. The monoisotopic (exact) mass is 431 g/mol. The van der Waals surface area contributed by atoms with Gasteiger partial charge in [0.15, 0.2) is 0 Å². The number of amides is 2. The van der Waals surface area contributed by atoms with E-state index in [4.69, 9.17) is 0 Å². The number of anilines is 2. The number of fused-ring (bicyclic) bond motifs is 1. The first-order valence-electron chi connectivity index (χ1n) is 9.38. The molecule has 1 unspecified atom stereocenters. The van der Waals surface area contributed by atoms with E-state index in [0.717, 1.165) is 17.7 Å². The first kappa shape index (κ1) is 19.9. The van der Waals surface area contributed by atoms with Crippen molar-refractivity contribution in [3.63, 3.8) is 0 Å². The minimum absolute atomic E-state index is 0.0973. The van der Waals surface area contributed by atoms with Crippen LogP contribution in [0.1, 0.15) is 30.1 Å². The van der Waals surface area contributed by atoms with Crippen LogP contribution in [0.3, 0.4) is 0 Å². The molecule has 1 saturated heterocycles. The van der Waals surface area contributed by atoms with Crippen LogP contribution in [0.15, 0.2) is 52.3 Å². The van der Waals surface area contributed by atoms with Crippen molar-refractivity contribution in [2.45, 2.75) is 34.8 Å². The average Bonchev–Trinajstić information content (AvgIpc) is 3.24. The van der Waals surface area contributed by atoms with Crippen LogP contribution < -0.4 is 10.6 Å². The van der Waals surface area contributed by atoms with Gasteiger partial charge in [-0.25, -0.2) is 8.42 Å². The second kappa shape index (κ2) is 7.81. The van der Waals surface area contributed by atoms with Crippen LogP contribution in [-0.2, 0) is 14.8 Å². The van der Waals surface area contributed by atoms with Gasteiger partial charge in [0.2, 0.25) is 15.9 Å². The second-order valence-electron chi connectivity index (χ2n) is 7.05. The molecule has 2 aliphatic rings. The van der Waals surface area contributed by atoms with Gasteiger partial charge in [-0.15, -0.1) is 11.8 Å². The standard InChI is InChI=1S/C20H21N3O4S2/c1-13-19(24)22-17-11-14(7-8-18(17)28-13)20(25)21-15-5-4-6-16(12-15)29(26,27)23-9-2-3-10-23/h4-8,11-13H,2-3,9-10H2,1H3,(H,21,25)(H,22,24). The van der Waals surface area contributed by atoms with Crippen molar-refractivity contribution in [3.05, 3.63) is 48.0 Å². The van der Waals surface area contributed by atoms with E-state index in [9.17, 15) is 18.0 Å². The van der Waals surface area contributed by atoms with Crippen molar-refractivity contribution in [2.75, 3.05) is 23.7 Å². The predicted octanol–water partition coefficient (Wildman–Crippen LogP) is 3.16. The topological polar surface area (TPSA) is 95.6 Å².